The standard InChI is InChI=1S/C35H39ClFN7O2/c1-2-31(45)44-18-17-43(20-26(44)9-14-38)33-27-11-16-42(30-8-4-6-24-5-3-7-28(36)32(24)30)21-29(27)39-34(40-33)46-23-35(12-13-35)22-41-15-10-25(37)19-41/h2-8,25-26H,1,9-13,15-23H2/t25-,26+/m1/s1. The topological polar surface area (TPSA) is 88.8 Å². The minimum absolute atomic E-state index is 0.00376. The number of rotatable bonds is 9. The largest absolute Gasteiger partial charge is 0.463 e. The van der Waals surface area contributed by atoms with Gasteiger partial charge in [0.2, 0.25) is 5.91 Å². The number of halogens is 2. The molecule has 3 fully saturated rings. The number of piperazine rings is 1. The van der Waals surface area contributed by atoms with E-state index in [1.54, 1.807) is 4.90 Å². The van der Waals surface area contributed by atoms with E-state index in [0.717, 1.165) is 72.4 Å². The van der Waals surface area contributed by atoms with Gasteiger partial charge < -0.3 is 19.4 Å². The first-order valence-corrected chi connectivity index (χ1v) is 16.6. The number of nitriles is 1. The highest BCUT2D eigenvalue weighted by atomic mass is 35.5. The molecule has 46 heavy (non-hydrogen) atoms. The van der Waals surface area contributed by atoms with Gasteiger partial charge in [-0.2, -0.15) is 15.2 Å². The summed E-state index contributed by atoms with van der Waals surface area (Å²) in [5.74, 6) is 0.652. The molecule has 11 heteroatoms. The van der Waals surface area contributed by atoms with Crippen molar-refractivity contribution in [1.29, 1.82) is 5.26 Å². The van der Waals surface area contributed by atoms with Crippen LogP contribution in [0.5, 0.6) is 6.01 Å². The van der Waals surface area contributed by atoms with E-state index in [-0.39, 0.29) is 23.8 Å². The molecular weight excluding hydrogens is 605 g/mol. The van der Waals surface area contributed by atoms with Crippen LogP contribution in [0.25, 0.3) is 10.8 Å². The minimum atomic E-state index is -0.741. The van der Waals surface area contributed by atoms with Crippen molar-refractivity contribution >= 4 is 39.8 Å². The lowest BCUT2D eigenvalue weighted by molar-refractivity contribution is -0.128. The van der Waals surface area contributed by atoms with Crippen molar-refractivity contribution in [2.45, 2.75) is 50.9 Å². The first kappa shape index (κ1) is 30.7. The molecule has 1 amide bonds. The first-order chi connectivity index (χ1) is 22.4. The average Bonchev–Trinajstić information content (AvgIpc) is 3.72. The lowest BCUT2D eigenvalue weighted by Gasteiger charge is -2.42. The molecule has 4 heterocycles. The van der Waals surface area contributed by atoms with Gasteiger partial charge in [-0.3, -0.25) is 9.69 Å². The SMILES string of the molecule is C=CC(=O)N1CCN(c2nc(OCC3(CN4CC[C@@H](F)C4)CC3)nc3c2CCN(c2cccc4cccc(Cl)c24)C3)C[C@@H]1CC#N. The van der Waals surface area contributed by atoms with Crippen molar-refractivity contribution in [2.24, 2.45) is 5.41 Å². The molecule has 4 aliphatic rings. The highest BCUT2D eigenvalue weighted by Gasteiger charge is 2.46. The maximum atomic E-state index is 13.9. The zero-order valence-electron chi connectivity index (χ0n) is 26.0. The number of ether oxygens (including phenoxy) is 1. The van der Waals surface area contributed by atoms with Crippen molar-refractivity contribution in [2.75, 3.05) is 62.2 Å². The van der Waals surface area contributed by atoms with Crippen LogP contribution in [0.3, 0.4) is 0 Å². The molecule has 0 bridgehead atoms. The molecule has 1 saturated carbocycles. The Kier molecular flexibility index (Phi) is 8.47. The number of carbonyl (C=O) groups is 1. The summed E-state index contributed by atoms with van der Waals surface area (Å²) < 4.78 is 20.3. The lowest BCUT2D eigenvalue weighted by atomic mass is 10.0. The van der Waals surface area contributed by atoms with Crippen LogP contribution >= 0.6 is 11.6 Å². The Balaban J connectivity index is 1.19. The molecule has 0 N–H and O–H groups in total. The summed E-state index contributed by atoms with van der Waals surface area (Å²) in [6.45, 7) is 9.13. The van der Waals surface area contributed by atoms with Crippen molar-refractivity contribution in [3.05, 3.63) is 65.3 Å². The van der Waals surface area contributed by atoms with Crippen molar-refractivity contribution in [3.8, 4) is 12.1 Å². The molecule has 2 atom stereocenters. The van der Waals surface area contributed by atoms with Gasteiger partial charge in [0.1, 0.15) is 12.0 Å². The van der Waals surface area contributed by atoms with E-state index in [2.05, 4.69) is 51.6 Å². The number of aromatic nitrogens is 2. The first-order valence-electron chi connectivity index (χ1n) is 16.2. The highest BCUT2D eigenvalue weighted by Crippen LogP contribution is 2.47. The van der Waals surface area contributed by atoms with Crippen molar-refractivity contribution in [3.63, 3.8) is 0 Å². The number of carbonyl (C=O) groups excluding carboxylic acids is 1. The van der Waals surface area contributed by atoms with E-state index >= 15 is 0 Å². The van der Waals surface area contributed by atoms with E-state index in [4.69, 9.17) is 26.3 Å². The van der Waals surface area contributed by atoms with Crippen molar-refractivity contribution < 1.29 is 13.9 Å². The van der Waals surface area contributed by atoms with E-state index in [9.17, 15) is 14.4 Å². The molecule has 0 unspecified atom stereocenters. The van der Waals surface area contributed by atoms with Gasteiger partial charge in [-0.1, -0.05) is 42.4 Å². The number of hydrogen-bond donors (Lipinski definition) is 0. The number of fused-ring (bicyclic) bond motifs is 2. The highest BCUT2D eigenvalue weighted by molar-refractivity contribution is 6.36. The van der Waals surface area contributed by atoms with Gasteiger partial charge in [0.05, 0.1) is 42.4 Å². The molecule has 2 saturated heterocycles. The maximum absolute atomic E-state index is 13.9. The number of nitrogens with zero attached hydrogens (tertiary/aromatic N) is 7. The number of hydrogen-bond acceptors (Lipinski definition) is 8. The molecule has 1 aliphatic carbocycles. The zero-order chi connectivity index (χ0) is 31.8. The molecule has 9 nitrogen and oxygen atoms in total. The fourth-order valence-corrected chi connectivity index (χ4v) is 7.62. The zero-order valence-corrected chi connectivity index (χ0v) is 26.8. The molecule has 7 rings (SSSR count). The third-order valence-electron chi connectivity index (χ3n) is 10.0. The number of benzene rings is 2. The van der Waals surface area contributed by atoms with Crippen LogP contribution in [0.2, 0.25) is 5.02 Å². The predicted molar refractivity (Wildman–Crippen MR) is 177 cm³/mol. The summed E-state index contributed by atoms with van der Waals surface area (Å²) in [6, 6.07) is 14.5. The van der Waals surface area contributed by atoms with Gasteiger partial charge in [-0.25, -0.2) is 4.39 Å². The average molecular weight is 644 g/mol. The third-order valence-corrected chi connectivity index (χ3v) is 10.3. The fourth-order valence-electron chi connectivity index (χ4n) is 7.34. The van der Waals surface area contributed by atoms with Crippen LogP contribution in [0.15, 0.2) is 49.1 Å². The summed E-state index contributed by atoms with van der Waals surface area (Å²) >= 11 is 6.72. The van der Waals surface area contributed by atoms with Gasteiger partial charge in [0.15, 0.2) is 0 Å². The van der Waals surface area contributed by atoms with Gasteiger partial charge in [-0.15, -0.1) is 0 Å². The fraction of sp³-hybridized carbons (Fsp3) is 0.486. The monoisotopic (exact) mass is 643 g/mol. The smallest absolute Gasteiger partial charge is 0.318 e. The number of likely N-dealkylation sites (tertiary alicyclic amines) is 1. The number of amides is 1. The molecule has 3 aliphatic heterocycles. The van der Waals surface area contributed by atoms with Crippen LogP contribution in [0, 0.1) is 16.7 Å². The summed E-state index contributed by atoms with van der Waals surface area (Å²) in [5, 5.41) is 12.4. The molecule has 2 aromatic carbocycles. The van der Waals surface area contributed by atoms with Crippen molar-refractivity contribution in [1.82, 2.24) is 19.8 Å². The summed E-state index contributed by atoms with van der Waals surface area (Å²) in [6.07, 6.45) is 4.22. The van der Waals surface area contributed by atoms with Gasteiger partial charge in [0, 0.05) is 67.9 Å². The molecule has 0 spiro atoms. The molecule has 0 radical (unpaired) electrons. The second kappa shape index (κ2) is 12.7. The summed E-state index contributed by atoms with van der Waals surface area (Å²) in [7, 11) is 0. The summed E-state index contributed by atoms with van der Waals surface area (Å²) in [4.78, 5) is 31.0. The Hall–Kier alpha value is -3.94. The predicted octanol–water partition coefficient (Wildman–Crippen LogP) is 5.17. The number of alkyl halides is 1. The quantitative estimate of drug-likeness (QED) is 0.295. The van der Waals surface area contributed by atoms with Gasteiger partial charge >= 0.3 is 6.01 Å². The lowest BCUT2D eigenvalue weighted by Crippen LogP contribution is -2.55. The van der Waals surface area contributed by atoms with Crippen LogP contribution in [0.4, 0.5) is 15.9 Å². The normalized spacial score (nSPS) is 22.4. The number of anilines is 2. The Morgan fingerprint density at radius 2 is 1.96 bits per heavy atom. The molecule has 3 aromatic rings. The summed E-state index contributed by atoms with van der Waals surface area (Å²) in [5.41, 5.74) is 3.04. The van der Waals surface area contributed by atoms with Crippen LogP contribution in [0.1, 0.15) is 36.9 Å². The molecule has 1 aromatic heterocycles. The second-order valence-electron chi connectivity index (χ2n) is 13.1. The Morgan fingerprint density at radius 1 is 1.13 bits per heavy atom. The maximum Gasteiger partial charge on any atom is 0.318 e. The van der Waals surface area contributed by atoms with Gasteiger partial charge in [0.25, 0.3) is 0 Å². The van der Waals surface area contributed by atoms with Crippen LogP contribution in [-0.4, -0.2) is 90.3 Å². The Morgan fingerprint density at radius 3 is 2.70 bits per heavy atom. The minimum Gasteiger partial charge on any atom is -0.463 e. The van der Waals surface area contributed by atoms with E-state index in [1.807, 2.05) is 12.1 Å². The van der Waals surface area contributed by atoms with Crippen LogP contribution < -0.4 is 14.5 Å². The molecule has 240 valence electrons. The van der Waals surface area contributed by atoms with E-state index < -0.39 is 6.17 Å². The third kappa shape index (κ3) is 6.10. The Bertz CT molecular complexity index is 1690. The molecular formula is C35H39ClFN7O2. The second-order valence-corrected chi connectivity index (χ2v) is 13.6. The van der Waals surface area contributed by atoms with E-state index in [1.165, 1.54) is 6.08 Å². The van der Waals surface area contributed by atoms with Crippen LogP contribution in [-0.2, 0) is 17.8 Å². The Labute approximate surface area is 274 Å². The van der Waals surface area contributed by atoms with Gasteiger partial charge in [-0.05, 0) is 49.3 Å². The van der Waals surface area contributed by atoms with E-state index in [0.29, 0.717) is 56.8 Å².